The van der Waals surface area contributed by atoms with Gasteiger partial charge in [-0.3, -0.25) is 0 Å². The number of hydrogen-bond donors (Lipinski definition) is 1. The van der Waals surface area contributed by atoms with Gasteiger partial charge in [0.2, 0.25) is 0 Å². The molecule has 0 bridgehead atoms. The number of aromatic carboxylic acids is 1. The number of carboxylic acid groups (broad SMARTS) is 1. The molecule has 0 aliphatic rings. The summed E-state index contributed by atoms with van der Waals surface area (Å²) in [7, 11) is 4.14. The van der Waals surface area contributed by atoms with Gasteiger partial charge in [-0.15, -0.1) is 11.3 Å². The van der Waals surface area contributed by atoms with Crippen molar-refractivity contribution in [2.45, 2.75) is 25.8 Å². The van der Waals surface area contributed by atoms with Crippen LogP contribution in [-0.4, -0.2) is 35.1 Å². The van der Waals surface area contributed by atoms with Crippen molar-refractivity contribution in [2.75, 3.05) is 14.1 Å². The molecule has 0 aliphatic carbocycles. The van der Waals surface area contributed by atoms with Crippen molar-refractivity contribution in [3.05, 3.63) is 40.2 Å². The van der Waals surface area contributed by atoms with Gasteiger partial charge in [0, 0.05) is 10.9 Å². The fourth-order valence-electron chi connectivity index (χ4n) is 2.23. The van der Waals surface area contributed by atoms with Crippen LogP contribution in [-0.2, 0) is 0 Å². The molecule has 2 aromatic rings. The van der Waals surface area contributed by atoms with E-state index in [0.29, 0.717) is 11.6 Å². The maximum absolute atomic E-state index is 10.9. The second kappa shape index (κ2) is 6.83. The lowest BCUT2D eigenvalue weighted by Crippen LogP contribution is -2.19. The Bertz CT molecular complexity index is 605. The summed E-state index contributed by atoms with van der Waals surface area (Å²) in [6, 6.07) is 7.20. The molecule has 0 unspecified atom stereocenters. The predicted molar refractivity (Wildman–Crippen MR) is 85.8 cm³/mol. The van der Waals surface area contributed by atoms with E-state index in [4.69, 9.17) is 10.1 Å². The summed E-state index contributed by atoms with van der Waals surface area (Å²) >= 11 is 1.66. The summed E-state index contributed by atoms with van der Waals surface area (Å²) in [6.45, 7) is 2.18. The number of carbonyl (C=O) groups is 1. The summed E-state index contributed by atoms with van der Waals surface area (Å²) in [4.78, 5) is 17.8. The van der Waals surface area contributed by atoms with Crippen LogP contribution in [0.15, 0.2) is 29.6 Å². The lowest BCUT2D eigenvalue weighted by Gasteiger charge is -2.21. The van der Waals surface area contributed by atoms with E-state index < -0.39 is 5.97 Å². The van der Waals surface area contributed by atoms with Gasteiger partial charge in [0.25, 0.3) is 0 Å². The van der Waals surface area contributed by atoms with Gasteiger partial charge in [-0.1, -0.05) is 25.5 Å². The molecule has 2 rings (SSSR count). The van der Waals surface area contributed by atoms with Crippen molar-refractivity contribution >= 4 is 17.3 Å². The molecule has 1 aromatic carbocycles. The standard InChI is InChI=1S/C16H20N2O2S/c1-4-5-14(18(2)3)15-17-13(10-21-15)11-6-8-12(9-7-11)16(19)20/h6-10,14H,4-5H2,1-3H3,(H,19,20)/t14-/m0/s1. The van der Waals surface area contributed by atoms with E-state index in [1.54, 1.807) is 23.5 Å². The lowest BCUT2D eigenvalue weighted by atomic mass is 10.1. The minimum Gasteiger partial charge on any atom is -0.478 e. The Balaban J connectivity index is 2.24. The number of benzene rings is 1. The Kier molecular flexibility index (Phi) is 5.09. The Morgan fingerprint density at radius 1 is 1.33 bits per heavy atom. The Morgan fingerprint density at radius 3 is 2.52 bits per heavy atom. The monoisotopic (exact) mass is 304 g/mol. The van der Waals surface area contributed by atoms with Crippen LogP contribution in [0, 0.1) is 0 Å². The maximum Gasteiger partial charge on any atom is 0.335 e. The lowest BCUT2D eigenvalue weighted by molar-refractivity contribution is 0.0697. The highest BCUT2D eigenvalue weighted by Gasteiger charge is 2.17. The second-order valence-electron chi connectivity index (χ2n) is 5.22. The highest BCUT2D eigenvalue weighted by molar-refractivity contribution is 7.10. The van der Waals surface area contributed by atoms with Crippen LogP contribution < -0.4 is 0 Å². The van der Waals surface area contributed by atoms with Gasteiger partial charge in [0.1, 0.15) is 5.01 Å². The average molecular weight is 304 g/mol. The van der Waals surface area contributed by atoms with Gasteiger partial charge in [0.05, 0.1) is 17.3 Å². The Hall–Kier alpha value is -1.72. The molecule has 0 amide bonds. The first-order chi connectivity index (χ1) is 10.0. The fourth-order valence-corrected chi connectivity index (χ4v) is 3.29. The summed E-state index contributed by atoms with van der Waals surface area (Å²) in [5, 5.41) is 12.1. The number of nitrogens with zero attached hydrogens (tertiary/aromatic N) is 2. The molecule has 4 nitrogen and oxygen atoms in total. The quantitative estimate of drug-likeness (QED) is 0.879. The van der Waals surface area contributed by atoms with Crippen molar-refractivity contribution in [3.8, 4) is 11.3 Å². The van der Waals surface area contributed by atoms with Crippen LogP contribution in [0.4, 0.5) is 0 Å². The largest absolute Gasteiger partial charge is 0.478 e. The SMILES string of the molecule is CCC[C@@H](c1nc(-c2ccc(C(=O)O)cc2)cs1)N(C)C. The molecular formula is C16H20N2O2S. The van der Waals surface area contributed by atoms with Crippen molar-refractivity contribution in [1.29, 1.82) is 0 Å². The van der Waals surface area contributed by atoms with E-state index in [1.807, 2.05) is 17.5 Å². The molecule has 5 heteroatoms. The molecule has 1 heterocycles. The molecule has 112 valence electrons. The van der Waals surface area contributed by atoms with Gasteiger partial charge in [-0.2, -0.15) is 0 Å². The van der Waals surface area contributed by atoms with Crippen molar-refractivity contribution in [2.24, 2.45) is 0 Å². The highest BCUT2D eigenvalue weighted by Crippen LogP contribution is 2.30. The van der Waals surface area contributed by atoms with E-state index in [2.05, 4.69) is 25.9 Å². The molecule has 0 saturated carbocycles. The minimum atomic E-state index is -0.906. The van der Waals surface area contributed by atoms with Crippen LogP contribution in [0.2, 0.25) is 0 Å². The first kappa shape index (κ1) is 15.7. The maximum atomic E-state index is 10.9. The highest BCUT2D eigenvalue weighted by atomic mass is 32.1. The van der Waals surface area contributed by atoms with E-state index in [0.717, 1.165) is 29.1 Å². The van der Waals surface area contributed by atoms with Gasteiger partial charge < -0.3 is 10.0 Å². The summed E-state index contributed by atoms with van der Waals surface area (Å²) < 4.78 is 0. The number of thiazole rings is 1. The third-order valence-electron chi connectivity index (χ3n) is 3.42. The summed E-state index contributed by atoms with van der Waals surface area (Å²) in [5.41, 5.74) is 2.16. The molecule has 1 atom stereocenters. The number of carboxylic acids is 1. The summed E-state index contributed by atoms with van der Waals surface area (Å²) in [5.74, 6) is -0.906. The van der Waals surface area contributed by atoms with Gasteiger partial charge in [-0.25, -0.2) is 9.78 Å². The smallest absolute Gasteiger partial charge is 0.335 e. The Labute approximate surface area is 129 Å². The van der Waals surface area contributed by atoms with E-state index >= 15 is 0 Å². The first-order valence-corrected chi connectivity index (χ1v) is 7.86. The van der Waals surface area contributed by atoms with Gasteiger partial charge in [0.15, 0.2) is 0 Å². The molecule has 0 aliphatic heterocycles. The van der Waals surface area contributed by atoms with Crippen LogP contribution in [0.5, 0.6) is 0 Å². The second-order valence-corrected chi connectivity index (χ2v) is 6.11. The zero-order chi connectivity index (χ0) is 15.4. The van der Waals surface area contributed by atoms with Gasteiger partial charge in [-0.05, 0) is 32.6 Å². The molecular weight excluding hydrogens is 284 g/mol. The zero-order valence-corrected chi connectivity index (χ0v) is 13.4. The van der Waals surface area contributed by atoms with Gasteiger partial charge >= 0.3 is 5.97 Å². The van der Waals surface area contributed by atoms with Crippen molar-refractivity contribution < 1.29 is 9.90 Å². The molecule has 21 heavy (non-hydrogen) atoms. The van der Waals surface area contributed by atoms with Crippen LogP contribution >= 0.6 is 11.3 Å². The average Bonchev–Trinajstić information content (AvgIpc) is 2.94. The molecule has 1 N–H and O–H groups in total. The van der Waals surface area contributed by atoms with Crippen molar-refractivity contribution in [1.82, 2.24) is 9.88 Å². The predicted octanol–water partition coefficient (Wildman–Crippen LogP) is 3.91. The molecule has 0 spiro atoms. The zero-order valence-electron chi connectivity index (χ0n) is 12.5. The Morgan fingerprint density at radius 2 is 2.00 bits per heavy atom. The normalized spacial score (nSPS) is 12.6. The van der Waals surface area contributed by atoms with Crippen LogP contribution in [0.25, 0.3) is 11.3 Å². The van der Waals surface area contributed by atoms with E-state index in [1.165, 1.54) is 0 Å². The van der Waals surface area contributed by atoms with Crippen LogP contribution in [0.1, 0.15) is 41.2 Å². The molecule has 0 saturated heterocycles. The molecule has 1 aromatic heterocycles. The number of hydrogen-bond acceptors (Lipinski definition) is 4. The number of aromatic nitrogens is 1. The first-order valence-electron chi connectivity index (χ1n) is 6.98. The van der Waals surface area contributed by atoms with Crippen LogP contribution in [0.3, 0.4) is 0 Å². The van der Waals surface area contributed by atoms with E-state index in [9.17, 15) is 4.79 Å². The third-order valence-corrected chi connectivity index (χ3v) is 4.37. The molecule has 0 radical (unpaired) electrons. The van der Waals surface area contributed by atoms with Crippen molar-refractivity contribution in [3.63, 3.8) is 0 Å². The molecule has 0 fully saturated rings. The third kappa shape index (κ3) is 3.68. The number of rotatable bonds is 6. The fraction of sp³-hybridized carbons (Fsp3) is 0.375. The minimum absolute atomic E-state index is 0.298. The topological polar surface area (TPSA) is 53.4 Å². The summed E-state index contributed by atoms with van der Waals surface area (Å²) in [6.07, 6.45) is 2.20. The van der Waals surface area contributed by atoms with E-state index in [-0.39, 0.29) is 0 Å².